The second-order valence-corrected chi connectivity index (χ2v) is 7.31. The van der Waals surface area contributed by atoms with Crippen molar-refractivity contribution < 1.29 is 9.26 Å². The number of hydrogen-bond acceptors (Lipinski definition) is 5. The molecule has 0 aliphatic heterocycles. The molecule has 0 spiro atoms. The summed E-state index contributed by atoms with van der Waals surface area (Å²) in [6.45, 7) is 7.10. The van der Waals surface area contributed by atoms with Crippen molar-refractivity contribution in [2.24, 2.45) is 4.99 Å². The highest BCUT2D eigenvalue weighted by molar-refractivity contribution is 14.0. The van der Waals surface area contributed by atoms with Crippen LogP contribution in [-0.2, 0) is 13.1 Å². The number of guanidine groups is 1. The van der Waals surface area contributed by atoms with Gasteiger partial charge in [-0.25, -0.2) is 0 Å². The van der Waals surface area contributed by atoms with E-state index in [4.69, 9.17) is 9.26 Å². The summed E-state index contributed by atoms with van der Waals surface area (Å²) in [5.74, 6) is 2.86. The highest BCUT2D eigenvalue weighted by atomic mass is 127. The molecule has 0 fully saturated rings. The molecule has 0 atom stereocenters. The molecule has 2 rings (SSSR count). The largest absolute Gasteiger partial charge is 0.492 e. The smallest absolute Gasteiger partial charge is 0.191 e. The van der Waals surface area contributed by atoms with Gasteiger partial charge in [0.1, 0.15) is 12.4 Å². The topological polar surface area (TPSA) is 74.9 Å². The van der Waals surface area contributed by atoms with E-state index in [2.05, 4.69) is 45.6 Å². The van der Waals surface area contributed by atoms with Gasteiger partial charge in [-0.2, -0.15) is 0 Å². The molecule has 8 heteroatoms. The van der Waals surface area contributed by atoms with Gasteiger partial charge >= 0.3 is 0 Å². The van der Waals surface area contributed by atoms with Gasteiger partial charge in [0.05, 0.1) is 12.2 Å². The maximum absolute atomic E-state index is 5.80. The Bertz CT molecular complexity index is 759. The van der Waals surface area contributed by atoms with Crippen molar-refractivity contribution in [3.8, 4) is 5.75 Å². The van der Waals surface area contributed by atoms with E-state index in [1.807, 2.05) is 38.4 Å². The second-order valence-electron chi connectivity index (χ2n) is 7.31. The Morgan fingerprint density at radius 3 is 2.57 bits per heavy atom. The maximum atomic E-state index is 5.80. The summed E-state index contributed by atoms with van der Waals surface area (Å²) in [6, 6.07) is 10.1. The van der Waals surface area contributed by atoms with Gasteiger partial charge in [-0.3, -0.25) is 4.99 Å². The molecule has 0 bridgehead atoms. The molecule has 1 heterocycles. The minimum Gasteiger partial charge on any atom is -0.492 e. The summed E-state index contributed by atoms with van der Waals surface area (Å²) in [6.07, 6.45) is 2.13. The average Bonchev–Trinajstić information content (AvgIpc) is 3.18. The van der Waals surface area contributed by atoms with Crippen molar-refractivity contribution in [1.29, 1.82) is 0 Å². The summed E-state index contributed by atoms with van der Waals surface area (Å²) in [7, 11) is 5.83. The monoisotopic (exact) mass is 529 g/mol. The van der Waals surface area contributed by atoms with E-state index in [1.165, 1.54) is 0 Å². The molecular weight excluding hydrogens is 493 g/mol. The van der Waals surface area contributed by atoms with Gasteiger partial charge in [0, 0.05) is 32.1 Å². The van der Waals surface area contributed by atoms with Crippen molar-refractivity contribution in [1.82, 2.24) is 20.7 Å². The van der Waals surface area contributed by atoms with Gasteiger partial charge in [0.25, 0.3) is 0 Å². The summed E-state index contributed by atoms with van der Waals surface area (Å²) < 4.78 is 11.3. The molecule has 0 amide bonds. The number of benzene rings is 1. The molecule has 2 aromatic rings. The number of aromatic nitrogens is 1. The SMILES string of the molecule is CCC(CC)c1cc(CNC(=NC)NCc2cccc(OCCN(C)C)c2)on1.I. The number of hydrogen-bond donors (Lipinski definition) is 2. The van der Waals surface area contributed by atoms with Crippen LogP contribution in [0.25, 0.3) is 0 Å². The standard InChI is InChI=1S/C22H35N5O2.HI/c1-6-18(7-2)21-14-20(29-26-21)16-25-22(23-3)24-15-17-9-8-10-19(13-17)28-12-11-27(4)5;/h8-10,13-14,18H,6-7,11-12,15-16H2,1-5H3,(H2,23,24,25);1H. The molecule has 0 aliphatic rings. The van der Waals surface area contributed by atoms with E-state index in [-0.39, 0.29) is 24.0 Å². The molecule has 0 saturated carbocycles. The maximum Gasteiger partial charge on any atom is 0.191 e. The number of ether oxygens (including phenoxy) is 1. The van der Waals surface area contributed by atoms with Gasteiger partial charge in [0.15, 0.2) is 11.7 Å². The fraction of sp³-hybridized carbons (Fsp3) is 0.545. The summed E-state index contributed by atoms with van der Waals surface area (Å²) in [5.41, 5.74) is 2.16. The molecule has 1 aromatic carbocycles. The van der Waals surface area contributed by atoms with E-state index < -0.39 is 0 Å². The minimum absolute atomic E-state index is 0. The van der Waals surface area contributed by atoms with E-state index in [0.29, 0.717) is 31.6 Å². The van der Waals surface area contributed by atoms with Crippen LogP contribution in [0.3, 0.4) is 0 Å². The molecule has 0 aliphatic carbocycles. The van der Waals surface area contributed by atoms with Crippen LogP contribution in [0.5, 0.6) is 5.75 Å². The molecule has 0 unspecified atom stereocenters. The lowest BCUT2D eigenvalue weighted by Gasteiger charge is -2.13. The fourth-order valence-electron chi connectivity index (χ4n) is 2.98. The van der Waals surface area contributed by atoms with Crippen LogP contribution in [-0.4, -0.2) is 50.3 Å². The Morgan fingerprint density at radius 1 is 1.17 bits per heavy atom. The van der Waals surface area contributed by atoms with Crippen molar-refractivity contribution >= 4 is 29.9 Å². The molecule has 30 heavy (non-hydrogen) atoms. The first kappa shape index (κ1) is 26.2. The number of likely N-dealkylation sites (N-methyl/N-ethyl adjacent to an activating group) is 1. The third-order valence-corrected chi connectivity index (χ3v) is 4.80. The van der Waals surface area contributed by atoms with Gasteiger partial charge < -0.3 is 24.8 Å². The number of nitrogens with one attached hydrogen (secondary N) is 2. The predicted molar refractivity (Wildman–Crippen MR) is 133 cm³/mol. The minimum atomic E-state index is 0. The number of nitrogens with zero attached hydrogens (tertiary/aromatic N) is 3. The van der Waals surface area contributed by atoms with Crippen LogP contribution in [0.2, 0.25) is 0 Å². The lowest BCUT2D eigenvalue weighted by atomic mass is 9.99. The lowest BCUT2D eigenvalue weighted by molar-refractivity contribution is 0.261. The lowest BCUT2D eigenvalue weighted by Crippen LogP contribution is -2.36. The fourth-order valence-corrected chi connectivity index (χ4v) is 2.98. The van der Waals surface area contributed by atoms with Gasteiger partial charge in [-0.15, -0.1) is 24.0 Å². The van der Waals surface area contributed by atoms with Crippen LogP contribution in [0.1, 0.15) is 49.6 Å². The van der Waals surface area contributed by atoms with Crippen molar-refractivity contribution in [2.45, 2.75) is 45.7 Å². The zero-order valence-corrected chi connectivity index (χ0v) is 21.1. The zero-order valence-electron chi connectivity index (χ0n) is 18.8. The summed E-state index contributed by atoms with van der Waals surface area (Å²) >= 11 is 0. The highest BCUT2D eigenvalue weighted by Gasteiger charge is 2.13. The third-order valence-electron chi connectivity index (χ3n) is 4.80. The third kappa shape index (κ3) is 8.91. The van der Waals surface area contributed by atoms with Crippen LogP contribution in [0, 0.1) is 0 Å². The van der Waals surface area contributed by atoms with Crippen LogP contribution in [0.15, 0.2) is 39.8 Å². The number of rotatable bonds is 11. The van der Waals surface area contributed by atoms with Gasteiger partial charge in [0.2, 0.25) is 0 Å². The van der Waals surface area contributed by atoms with Crippen LogP contribution >= 0.6 is 24.0 Å². The van der Waals surface area contributed by atoms with E-state index >= 15 is 0 Å². The number of aliphatic imine (C=N–C) groups is 1. The molecule has 168 valence electrons. The first-order chi connectivity index (χ1) is 14.0. The Hall–Kier alpha value is -1.81. The van der Waals surface area contributed by atoms with Gasteiger partial charge in [-0.05, 0) is 44.6 Å². The number of halogens is 1. The summed E-state index contributed by atoms with van der Waals surface area (Å²) in [5, 5.41) is 10.8. The predicted octanol–water partition coefficient (Wildman–Crippen LogP) is 4.00. The quantitative estimate of drug-likeness (QED) is 0.261. The highest BCUT2D eigenvalue weighted by Crippen LogP contribution is 2.22. The van der Waals surface area contributed by atoms with E-state index in [0.717, 1.165) is 42.2 Å². The average molecular weight is 529 g/mol. The Kier molecular flexibility index (Phi) is 12.4. The molecule has 0 radical (unpaired) electrons. The van der Waals surface area contributed by atoms with Crippen LogP contribution < -0.4 is 15.4 Å². The zero-order chi connectivity index (χ0) is 21.1. The van der Waals surface area contributed by atoms with Crippen molar-refractivity contribution in [3.63, 3.8) is 0 Å². The Balaban J connectivity index is 0.00000450. The second kappa shape index (κ2) is 14.2. The Labute approximate surface area is 197 Å². The molecule has 7 nitrogen and oxygen atoms in total. The van der Waals surface area contributed by atoms with Crippen molar-refractivity contribution in [3.05, 3.63) is 47.3 Å². The van der Waals surface area contributed by atoms with E-state index in [9.17, 15) is 0 Å². The normalized spacial score (nSPS) is 11.5. The Morgan fingerprint density at radius 2 is 1.90 bits per heavy atom. The summed E-state index contributed by atoms with van der Waals surface area (Å²) in [4.78, 5) is 6.38. The first-order valence-corrected chi connectivity index (χ1v) is 10.3. The molecule has 0 saturated heterocycles. The van der Waals surface area contributed by atoms with Crippen LogP contribution in [0.4, 0.5) is 0 Å². The molecule has 1 aromatic heterocycles. The van der Waals surface area contributed by atoms with Crippen molar-refractivity contribution in [2.75, 3.05) is 34.3 Å². The first-order valence-electron chi connectivity index (χ1n) is 10.3. The van der Waals surface area contributed by atoms with E-state index in [1.54, 1.807) is 7.05 Å². The molecule has 2 N–H and O–H groups in total. The van der Waals surface area contributed by atoms with Gasteiger partial charge in [-0.1, -0.05) is 31.1 Å². The molecular formula is C22H36IN5O2.